The summed E-state index contributed by atoms with van der Waals surface area (Å²) in [6.45, 7) is 58.0. The predicted octanol–water partition coefficient (Wildman–Crippen LogP) is 11.7. The van der Waals surface area contributed by atoms with Crippen LogP contribution in [0.1, 0.15) is 0 Å². The molecule has 0 aromatic rings. The molecule has 0 bridgehead atoms. The van der Waals surface area contributed by atoms with Crippen molar-refractivity contribution in [2.45, 2.75) is 155 Å². The Morgan fingerprint density at radius 1 is 0.370 bits per heavy atom. The summed E-state index contributed by atoms with van der Waals surface area (Å²) in [5, 5.41) is 0. The van der Waals surface area contributed by atoms with E-state index in [2.05, 4.69) is 157 Å². The molecule has 0 aliphatic rings. The molecule has 324 valence electrons. The van der Waals surface area contributed by atoms with E-state index in [4.69, 9.17) is 44.5 Å². The van der Waals surface area contributed by atoms with Gasteiger partial charge in [0.1, 0.15) is 0 Å². The van der Waals surface area contributed by atoms with Crippen LogP contribution in [0.2, 0.25) is 144 Å². The number of nitrogens with zero attached hydrogens (tertiary/aromatic N) is 4. The molecule has 0 heterocycles. The maximum atomic E-state index is 10.7. The second-order valence-corrected chi connectivity index (χ2v) is 58.5. The minimum atomic E-state index is -6.09. The van der Waals surface area contributed by atoms with E-state index in [-0.39, 0.29) is 62.2 Å². The van der Waals surface area contributed by atoms with Crippen molar-refractivity contribution >= 4 is 86.1 Å². The maximum Gasteiger partial charge on any atom is 4.00 e. The van der Waals surface area contributed by atoms with Crippen molar-refractivity contribution in [3.8, 4) is 0 Å². The molecule has 0 amide bonds. The van der Waals surface area contributed by atoms with Crippen LogP contribution < -0.4 is 0 Å². The Labute approximate surface area is 383 Å². The molecular formula is C26H70F6N4O6S2Si8U2. The molecule has 0 rings (SSSR count). The number of hydrogen-bond acceptors (Lipinski definition) is 6. The second kappa shape index (κ2) is 27.2. The van der Waals surface area contributed by atoms with Crippen molar-refractivity contribution in [3.63, 3.8) is 0 Å². The molecule has 0 unspecified atom stereocenters. The average Bonchev–Trinajstić information content (AvgIpc) is 2.54. The van der Waals surface area contributed by atoms with Crippen molar-refractivity contribution in [2.24, 2.45) is 0 Å². The van der Waals surface area contributed by atoms with Crippen LogP contribution in [-0.4, -0.2) is 103 Å². The molecule has 0 aliphatic heterocycles. The van der Waals surface area contributed by atoms with Gasteiger partial charge in [-0.15, -0.1) is 26.2 Å². The van der Waals surface area contributed by atoms with Crippen LogP contribution in [0.15, 0.2) is 0 Å². The fourth-order valence-corrected chi connectivity index (χ4v) is 34.5. The van der Waals surface area contributed by atoms with E-state index in [1.165, 1.54) is 0 Å². The molecule has 10 nitrogen and oxygen atoms in total. The van der Waals surface area contributed by atoms with Gasteiger partial charge in [-0.1, -0.05) is 167 Å². The molecule has 54 heavy (non-hydrogen) atoms. The van der Waals surface area contributed by atoms with Gasteiger partial charge < -0.3 is 40.8 Å². The first-order chi connectivity index (χ1) is 21.3. The average molecular weight is 1410 g/mol. The first-order valence-corrected chi connectivity index (χ1v) is 45.8. The summed E-state index contributed by atoms with van der Waals surface area (Å²) in [6, 6.07) is 0. The Kier molecular flexibility index (Phi) is 37.5. The standard InChI is InChI=1S/2C6H18NSi2.2C6H17NSi2.2CHF3O3S.2U/c4*1-8(2,3)7-9(4,5)6;2*2-1(3,4)8(5,6)7;;/h2*1-6H3;2*1H2,2-6H3;2*(H,5,6,7);;/q2*-1;2*-2;;;2*+4/p-2. The first-order valence-electron chi connectivity index (χ1n) is 16.0. The van der Waals surface area contributed by atoms with Gasteiger partial charge in [-0.05, 0) is 0 Å². The molecule has 0 saturated heterocycles. The van der Waals surface area contributed by atoms with E-state index in [9.17, 15) is 26.3 Å². The van der Waals surface area contributed by atoms with Crippen molar-refractivity contribution in [2.75, 3.05) is 0 Å². The Morgan fingerprint density at radius 3 is 0.463 bits per heavy atom. The van der Waals surface area contributed by atoms with Gasteiger partial charge in [0, 0.05) is 0 Å². The Hall–Kier alpha value is 3.08. The molecule has 0 N–H and O–H groups in total. The third-order valence-electron chi connectivity index (χ3n) is 3.18. The van der Waals surface area contributed by atoms with Gasteiger partial charge in [-0.3, -0.25) is 0 Å². The summed E-state index contributed by atoms with van der Waals surface area (Å²) in [4.78, 5) is 0. The Balaban J connectivity index is -0.0000000779. The van der Waals surface area contributed by atoms with E-state index in [1.54, 1.807) is 0 Å². The normalized spacial score (nSPS) is 13.5. The van der Waals surface area contributed by atoms with Crippen LogP contribution in [0, 0.1) is 75.3 Å². The van der Waals surface area contributed by atoms with E-state index < -0.39 is 97.1 Å². The summed E-state index contributed by atoms with van der Waals surface area (Å²) in [5.41, 5.74) is -11.3. The topological polar surface area (TPSA) is 171 Å². The molecule has 0 radical (unpaired) electrons. The third-order valence-corrected chi connectivity index (χ3v) is 25.3. The van der Waals surface area contributed by atoms with Crippen LogP contribution in [0.25, 0.3) is 18.6 Å². The molecule has 0 aliphatic carbocycles. The van der Waals surface area contributed by atoms with Crippen LogP contribution in [-0.2, 0) is 20.2 Å². The minimum absolute atomic E-state index is 0. The van der Waals surface area contributed by atoms with E-state index in [1.807, 2.05) is 0 Å². The molecule has 0 fully saturated rings. The molecule has 0 spiro atoms. The Morgan fingerprint density at radius 2 is 0.463 bits per heavy atom. The van der Waals surface area contributed by atoms with Gasteiger partial charge in [0.15, 0.2) is 20.2 Å². The molecular weight excluding hydrogens is 1340 g/mol. The first kappa shape index (κ1) is 74.5. The summed E-state index contributed by atoms with van der Waals surface area (Å²) in [6.07, 6.45) is 0. The summed E-state index contributed by atoms with van der Waals surface area (Å²) < 4.78 is 137. The van der Waals surface area contributed by atoms with Crippen molar-refractivity contribution in [1.29, 1.82) is 0 Å². The van der Waals surface area contributed by atoms with Crippen LogP contribution in [0.4, 0.5) is 26.3 Å². The molecule has 0 aromatic heterocycles. The van der Waals surface area contributed by atoms with Crippen LogP contribution in [0.5, 0.6) is 0 Å². The zero-order valence-corrected chi connectivity index (χ0v) is 54.7. The van der Waals surface area contributed by atoms with Crippen molar-refractivity contribution in [1.82, 2.24) is 0 Å². The number of rotatable bonds is 8. The fraction of sp³-hybridized carbons (Fsp3) is 0.923. The van der Waals surface area contributed by atoms with E-state index in [0.717, 1.165) is 0 Å². The van der Waals surface area contributed by atoms with Gasteiger partial charge in [-0.25, -0.2) is 33.3 Å². The monoisotopic (exact) mass is 1410 g/mol. The largest absolute Gasteiger partial charge is 4.00 e. The van der Waals surface area contributed by atoms with Crippen molar-refractivity contribution < 1.29 is 115 Å². The summed E-state index contributed by atoms with van der Waals surface area (Å²) in [5.74, 6) is 0. The van der Waals surface area contributed by atoms with E-state index >= 15 is 0 Å². The van der Waals surface area contributed by atoms with Crippen molar-refractivity contribution in [3.05, 3.63) is 31.7 Å². The zero-order valence-electron chi connectivity index (χ0n) is 36.7. The fourth-order valence-electron chi connectivity index (χ4n) is 3.83. The maximum absolute atomic E-state index is 10.7. The van der Waals surface area contributed by atoms with E-state index in [0.29, 0.717) is 0 Å². The minimum Gasteiger partial charge on any atom is -0.741 e. The number of halogens is 6. The quantitative estimate of drug-likeness (QED) is 0.0770. The predicted molar refractivity (Wildman–Crippen MR) is 231 cm³/mol. The van der Waals surface area contributed by atoms with Gasteiger partial charge in [0.05, 0.1) is 0 Å². The van der Waals surface area contributed by atoms with Crippen LogP contribution in [0.3, 0.4) is 0 Å². The smallest absolute Gasteiger partial charge is 0.741 e. The SMILES string of the molecule is C[Si](C)(C)[N-][Si](C)(C)C.C[Si](C)(C)[N-][Si](C)(C)C.O=S(=O)([O-])C(F)(F)F.O=S(=O)([O-])C(F)(F)F.[CH2-][Si](C)(C)[N-][Si](C)(C)C.[CH2-][Si](C)(C)[N-][Si](C)(C)C.[U+4].[U+4]. The molecule has 28 heteroatoms. The third kappa shape index (κ3) is 79.3. The Bertz CT molecular complexity index is 1010. The van der Waals surface area contributed by atoms with Gasteiger partial charge >= 0.3 is 73.2 Å². The molecule has 0 atom stereocenters. The summed E-state index contributed by atoms with van der Waals surface area (Å²) >= 11 is 0. The van der Waals surface area contributed by atoms with Crippen LogP contribution >= 0.6 is 0 Å². The summed E-state index contributed by atoms with van der Waals surface area (Å²) in [7, 11) is -21.7. The van der Waals surface area contributed by atoms with Gasteiger partial charge in [0.2, 0.25) is 0 Å². The second-order valence-electron chi connectivity index (χ2n) is 18.9. The number of alkyl halides is 6. The zero-order chi connectivity index (χ0) is 44.8. The van der Waals surface area contributed by atoms with Gasteiger partial charge in [-0.2, -0.15) is 26.3 Å². The molecule has 0 saturated carbocycles. The number of hydrogen-bond donors (Lipinski definition) is 0. The molecule has 0 aromatic carbocycles. The van der Waals surface area contributed by atoms with Gasteiger partial charge in [0.25, 0.3) is 0 Å².